The van der Waals surface area contributed by atoms with E-state index in [0.717, 1.165) is 5.39 Å². The molecule has 0 saturated carbocycles. The molecule has 5 heteroatoms. The lowest BCUT2D eigenvalue weighted by molar-refractivity contribution is 0.0921. The van der Waals surface area contributed by atoms with Crippen LogP contribution in [0.5, 0.6) is 5.75 Å². The summed E-state index contributed by atoms with van der Waals surface area (Å²) in [6.45, 7) is -0.107. The summed E-state index contributed by atoms with van der Waals surface area (Å²) in [5.41, 5.74) is 0.516. The number of hydrogen-bond acceptors (Lipinski definition) is 4. The van der Waals surface area contributed by atoms with Crippen LogP contribution in [0.3, 0.4) is 0 Å². The van der Waals surface area contributed by atoms with Gasteiger partial charge >= 0.3 is 5.63 Å². The molecule has 2 aromatic carbocycles. The Labute approximate surface area is 130 Å². The maximum absolute atomic E-state index is 12.0. The first-order chi connectivity index (χ1) is 10.6. The minimum Gasteiger partial charge on any atom is -0.485 e. The molecule has 0 N–H and O–H groups in total. The summed E-state index contributed by atoms with van der Waals surface area (Å²) in [5.74, 6) is 0.301. The zero-order chi connectivity index (χ0) is 15.5. The number of ether oxygens (including phenoxy) is 1. The molecule has 3 aromatic rings. The van der Waals surface area contributed by atoms with Crippen LogP contribution in [0.25, 0.3) is 11.0 Å². The smallest absolute Gasteiger partial charge is 0.336 e. The van der Waals surface area contributed by atoms with Crippen molar-refractivity contribution in [3.05, 3.63) is 75.6 Å². The zero-order valence-corrected chi connectivity index (χ0v) is 12.2. The van der Waals surface area contributed by atoms with Gasteiger partial charge in [-0.1, -0.05) is 11.6 Å². The normalized spacial score (nSPS) is 10.6. The molecule has 0 bridgehead atoms. The van der Waals surface area contributed by atoms with Gasteiger partial charge in [0.2, 0.25) is 0 Å². The largest absolute Gasteiger partial charge is 0.485 e. The van der Waals surface area contributed by atoms with Crippen molar-refractivity contribution < 1.29 is 13.9 Å². The number of carbonyl (C=O) groups excluding carboxylic acids is 1. The van der Waals surface area contributed by atoms with E-state index in [1.807, 2.05) is 0 Å². The number of hydrogen-bond donors (Lipinski definition) is 0. The van der Waals surface area contributed by atoms with Crippen molar-refractivity contribution in [2.24, 2.45) is 0 Å². The van der Waals surface area contributed by atoms with E-state index in [0.29, 0.717) is 21.9 Å². The average Bonchev–Trinajstić information content (AvgIpc) is 2.53. The van der Waals surface area contributed by atoms with Gasteiger partial charge in [0.05, 0.1) is 0 Å². The molecule has 0 saturated heterocycles. The lowest BCUT2D eigenvalue weighted by Crippen LogP contribution is -2.11. The molecular formula is C17H11ClO4. The van der Waals surface area contributed by atoms with Crippen molar-refractivity contribution >= 4 is 28.4 Å². The van der Waals surface area contributed by atoms with Gasteiger partial charge in [-0.15, -0.1) is 0 Å². The summed E-state index contributed by atoms with van der Waals surface area (Å²) in [7, 11) is 0. The summed E-state index contributed by atoms with van der Waals surface area (Å²) in [6, 6.07) is 14.7. The fourth-order valence-corrected chi connectivity index (χ4v) is 2.12. The Morgan fingerprint density at radius 3 is 2.55 bits per heavy atom. The topological polar surface area (TPSA) is 56.5 Å². The highest BCUT2D eigenvalue weighted by atomic mass is 35.5. The average molecular weight is 315 g/mol. The zero-order valence-electron chi connectivity index (χ0n) is 11.4. The van der Waals surface area contributed by atoms with Crippen LogP contribution >= 0.6 is 11.6 Å². The fourth-order valence-electron chi connectivity index (χ4n) is 2.00. The van der Waals surface area contributed by atoms with E-state index < -0.39 is 5.63 Å². The quantitative estimate of drug-likeness (QED) is 0.544. The van der Waals surface area contributed by atoms with Gasteiger partial charge in [0.15, 0.2) is 12.4 Å². The lowest BCUT2D eigenvalue weighted by atomic mass is 10.1. The van der Waals surface area contributed by atoms with E-state index in [-0.39, 0.29) is 12.4 Å². The van der Waals surface area contributed by atoms with Gasteiger partial charge in [-0.05, 0) is 42.5 Å². The van der Waals surface area contributed by atoms with E-state index >= 15 is 0 Å². The van der Waals surface area contributed by atoms with Gasteiger partial charge in [0, 0.05) is 28.1 Å². The van der Waals surface area contributed by atoms with Crippen molar-refractivity contribution in [2.45, 2.75) is 0 Å². The number of ketones is 1. The highest BCUT2D eigenvalue weighted by Crippen LogP contribution is 2.19. The van der Waals surface area contributed by atoms with Gasteiger partial charge < -0.3 is 9.15 Å². The van der Waals surface area contributed by atoms with Crippen LogP contribution in [-0.2, 0) is 0 Å². The van der Waals surface area contributed by atoms with Crippen LogP contribution in [-0.4, -0.2) is 12.4 Å². The number of benzene rings is 2. The van der Waals surface area contributed by atoms with Crippen LogP contribution in [0.15, 0.2) is 63.8 Å². The molecule has 1 heterocycles. The molecule has 110 valence electrons. The highest BCUT2D eigenvalue weighted by Gasteiger charge is 2.07. The van der Waals surface area contributed by atoms with Gasteiger partial charge in [-0.2, -0.15) is 0 Å². The minimum absolute atomic E-state index is 0.107. The van der Waals surface area contributed by atoms with Crippen molar-refractivity contribution in [2.75, 3.05) is 6.61 Å². The summed E-state index contributed by atoms with van der Waals surface area (Å²) in [6.07, 6.45) is 0. The summed E-state index contributed by atoms with van der Waals surface area (Å²) < 4.78 is 10.5. The van der Waals surface area contributed by atoms with Gasteiger partial charge in [-0.25, -0.2) is 4.79 Å². The summed E-state index contributed by atoms with van der Waals surface area (Å²) in [4.78, 5) is 23.2. The second-order valence-electron chi connectivity index (χ2n) is 4.67. The first kappa shape index (κ1) is 14.4. The first-order valence-corrected chi connectivity index (χ1v) is 6.95. The third-order valence-corrected chi connectivity index (χ3v) is 3.38. The lowest BCUT2D eigenvalue weighted by Gasteiger charge is -2.06. The number of Topliss-reactive ketones (excluding diaryl/α,β-unsaturated/α-hetero) is 1. The van der Waals surface area contributed by atoms with E-state index in [4.69, 9.17) is 20.8 Å². The van der Waals surface area contributed by atoms with Gasteiger partial charge in [-0.3, -0.25) is 4.79 Å². The SMILES string of the molecule is O=C(COc1ccc2ccc(=O)oc2c1)c1ccc(Cl)cc1. The van der Waals surface area contributed by atoms with Crippen LogP contribution in [0.1, 0.15) is 10.4 Å². The Balaban J connectivity index is 1.74. The molecule has 0 aliphatic heterocycles. The predicted molar refractivity (Wildman–Crippen MR) is 83.8 cm³/mol. The standard InChI is InChI=1S/C17H11ClO4/c18-13-5-1-11(2-6-13)15(19)10-21-14-7-3-12-4-8-17(20)22-16(12)9-14/h1-9H,10H2. The van der Waals surface area contributed by atoms with E-state index in [1.165, 1.54) is 6.07 Å². The monoisotopic (exact) mass is 314 g/mol. The second-order valence-corrected chi connectivity index (χ2v) is 5.11. The minimum atomic E-state index is -0.429. The Kier molecular flexibility index (Phi) is 3.94. The van der Waals surface area contributed by atoms with Crippen LogP contribution in [0.2, 0.25) is 5.02 Å². The molecule has 0 radical (unpaired) electrons. The Morgan fingerprint density at radius 1 is 1.05 bits per heavy atom. The Bertz CT molecular complexity index is 881. The Morgan fingerprint density at radius 2 is 1.77 bits per heavy atom. The molecule has 0 atom stereocenters. The molecule has 0 amide bonds. The molecule has 0 aliphatic carbocycles. The fraction of sp³-hybridized carbons (Fsp3) is 0.0588. The summed E-state index contributed by atoms with van der Waals surface area (Å²) in [5, 5.41) is 1.36. The Hall–Kier alpha value is -2.59. The van der Waals surface area contributed by atoms with Crippen molar-refractivity contribution in [1.29, 1.82) is 0 Å². The molecule has 0 unspecified atom stereocenters. The third-order valence-electron chi connectivity index (χ3n) is 3.13. The van der Waals surface area contributed by atoms with Gasteiger partial charge in [0.1, 0.15) is 11.3 Å². The maximum Gasteiger partial charge on any atom is 0.336 e. The van der Waals surface area contributed by atoms with Gasteiger partial charge in [0.25, 0.3) is 0 Å². The number of rotatable bonds is 4. The second kappa shape index (κ2) is 6.03. The molecule has 0 spiro atoms. The summed E-state index contributed by atoms with van der Waals surface area (Å²) >= 11 is 5.78. The first-order valence-electron chi connectivity index (χ1n) is 6.57. The molecule has 22 heavy (non-hydrogen) atoms. The molecule has 0 aliphatic rings. The van der Waals surface area contributed by atoms with Crippen molar-refractivity contribution in [3.8, 4) is 5.75 Å². The van der Waals surface area contributed by atoms with E-state index in [1.54, 1.807) is 48.5 Å². The molecule has 1 aromatic heterocycles. The van der Waals surface area contributed by atoms with Crippen LogP contribution < -0.4 is 10.4 Å². The molecule has 4 nitrogen and oxygen atoms in total. The van der Waals surface area contributed by atoms with E-state index in [2.05, 4.69) is 0 Å². The molecular weight excluding hydrogens is 304 g/mol. The highest BCUT2D eigenvalue weighted by molar-refractivity contribution is 6.30. The molecule has 0 fully saturated rings. The predicted octanol–water partition coefficient (Wildman–Crippen LogP) is 3.71. The number of carbonyl (C=O) groups is 1. The van der Waals surface area contributed by atoms with Crippen molar-refractivity contribution in [1.82, 2.24) is 0 Å². The van der Waals surface area contributed by atoms with Crippen LogP contribution in [0.4, 0.5) is 0 Å². The van der Waals surface area contributed by atoms with E-state index in [9.17, 15) is 9.59 Å². The molecule has 3 rings (SSSR count). The number of fused-ring (bicyclic) bond motifs is 1. The maximum atomic E-state index is 12.0. The number of halogens is 1. The third kappa shape index (κ3) is 3.18. The van der Waals surface area contributed by atoms with Crippen LogP contribution in [0, 0.1) is 0 Å². The van der Waals surface area contributed by atoms with Crippen molar-refractivity contribution in [3.63, 3.8) is 0 Å².